The third kappa shape index (κ3) is 7.36. The first kappa shape index (κ1) is 24.8. The summed E-state index contributed by atoms with van der Waals surface area (Å²) in [5.74, 6) is -2.10. The van der Waals surface area contributed by atoms with Crippen LogP contribution in [0.5, 0.6) is 0 Å². The summed E-state index contributed by atoms with van der Waals surface area (Å²) in [5.41, 5.74) is 0.776. The standard InChI is InChI=1S/C22H30N4O6/c1-13(2)18(26-22(31)32)21(30)25-17(10-14-6-4-3-5-7-14)20(29)24-16(12-27)11-15-8-9-23-19(15)28/h3-7,12-13,15-18,26H,8-11H2,1-2H3,(H,23,28)(H,24,29)(H,25,30)(H,31,32)/t15-,16-,17-,18-/m0/s1. The van der Waals surface area contributed by atoms with Crippen molar-refractivity contribution in [3.8, 4) is 0 Å². The van der Waals surface area contributed by atoms with E-state index in [1.54, 1.807) is 38.1 Å². The van der Waals surface area contributed by atoms with E-state index in [9.17, 15) is 24.0 Å². The van der Waals surface area contributed by atoms with Gasteiger partial charge < -0.3 is 31.2 Å². The van der Waals surface area contributed by atoms with E-state index in [2.05, 4.69) is 21.3 Å². The molecule has 1 aliphatic heterocycles. The molecule has 0 unspecified atom stereocenters. The molecular formula is C22H30N4O6. The lowest BCUT2D eigenvalue weighted by atomic mass is 9.98. The Kier molecular flexibility index (Phi) is 9.18. The van der Waals surface area contributed by atoms with E-state index in [1.165, 1.54) is 0 Å². The van der Waals surface area contributed by atoms with Crippen molar-refractivity contribution in [2.45, 2.75) is 51.2 Å². The van der Waals surface area contributed by atoms with Gasteiger partial charge in [0.05, 0.1) is 6.04 Å². The first-order valence-corrected chi connectivity index (χ1v) is 10.6. The molecular weight excluding hydrogens is 416 g/mol. The third-order valence-electron chi connectivity index (χ3n) is 5.34. The molecule has 1 fully saturated rings. The second-order valence-corrected chi connectivity index (χ2v) is 8.19. The zero-order valence-electron chi connectivity index (χ0n) is 18.2. The van der Waals surface area contributed by atoms with Gasteiger partial charge in [0.25, 0.3) is 0 Å². The molecule has 0 saturated carbocycles. The van der Waals surface area contributed by atoms with Crippen molar-refractivity contribution >= 4 is 30.1 Å². The van der Waals surface area contributed by atoms with E-state index in [0.717, 1.165) is 5.56 Å². The fourth-order valence-corrected chi connectivity index (χ4v) is 3.60. The Morgan fingerprint density at radius 3 is 2.34 bits per heavy atom. The van der Waals surface area contributed by atoms with E-state index in [1.807, 2.05) is 6.07 Å². The number of hydrogen-bond acceptors (Lipinski definition) is 5. The SMILES string of the molecule is CC(C)[C@H](NC(=O)O)C(=O)N[C@@H](Cc1ccccc1)C(=O)N[C@H](C=O)C[C@@H]1CCNC1=O. The highest BCUT2D eigenvalue weighted by Gasteiger charge is 2.32. The minimum absolute atomic E-state index is 0.145. The van der Waals surface area contributed by atoms with Gasteiger partial charge in [-0.2, -0.15) is 0 Å². The third-order valence-corrected chi connectivity index (χ3v) is 5.34. The van der Waals surface area contributed by atoms with Crippen LogP contribution >= 0.6 is 0 Å². The Morgan fingerprint density at radius 1 is 1.12 bits per heavy atom. The van der Waals surface area contributed by atoms with Crippen LogP contribution in [0.15, 0.2) is 30.3 Å². The smallest absolute Gasteiger partial charge is 0.405 e. The molecule has 10 nitrogen and oxygen atoms in total. The van der Waals surface area contributed by atoms with E-state index >= 15 is 0 Å². The highest BCUT2D eigenvalue weighted by Crippen LogP contribution is 2.16. The summed E-state index contributed by atoms with van der Waals surface area (Å²) in [6, 6.07) is 6.01. The second kappa shape index (κ2) is 11.8. The quantitative estimate of drug-likeness (QED) is 0.306. The fourth-order valence-electron chi connectivity index (χ4n) is 3.60. The minimum Gasteiger partial charge on any atom is -0.465 e. The Balaban J connectivity index is 2.14. The summed E-state index contributed by atoms with van der Waals surface area (Å²) in [6.07, 6.45) is 0.126. The average molecular weight is 447 g/mol. The van der Waals surface area contributed by atoms with E-state index in [0.29, 0.717) is 19.3 Å². The monoisotopic (exact) mass is 446 g/mol. The highest BCUT2D eigenvalue weighted by molar-refractivity contribution is 5.92. The normalized spacial score (nSPS) is 18.2. The lowest BCUT2D eigenvalue weighted by molar-refractivity contribution is -0.131. The largest absolute Gasteiger partial charge is 0.465 e. The minimum atomic E-state index is -1.35. The number of benzene rings is 1. The molecule has 1 aliphatic rings. The molecule has 5 N–H and O–H groups in total. The molecule has 0 aromatic heterocycles. The molecule has 32 heavy (non-hydrogen) atoms. The van der Waals surface area contributed by atoms with Crippen LogP contribution in [0.4, 0.5) is 4.79 Å². The van der Waals surface area contributed by atoms with Gasteiger partial charge in [-0.05, 0) is 24.3 Å². The molecule has 10 heteroatoms. The molecule has 0 aliphatic carbocycles. The van der Waals surface area contributed by atoms with E-state index < -0.39 is 36.0 Å². The number of carbonyl (C=O) groups excluding carboxylic acids is 4. The molecule has 174 valence electrons. The number of nitrogens with one attached hydrogen (secondary N) is 4. The maximum Gasteiger partial charge on any atom is 0.405 e. The topological polar surface area (TPSA) is 154 Å². The summed E-state index contributed by atoms with van der Waals surface area (Å²) >= 11 is 0. The fraction of sp³-hybridized carbons (Fsp3) is 0.500. The Labute approximate surface area is 186 Å². The van der Waals surface area contributed by atoms with Gasteiger partial charge in [0, 0.05) is 18.9 Å². The van der Waals surface area contributed by atoms with Crippen molar-refractivity contribution in [2.75, 3.05) is 6.54 Å². The molecule has 4 atom stereocenters. The summed E-state index contributed by atoms with van der Waals surface area (Å²) in [5, 5.41) is 19.1. The van der Waals surface area contributed by atoms with Crippen LogP contribution in [-0.2, 0) is 25.6 Å². The molecule has 0 spiro atoms. The number of rotatable bonds is 11. The zero-order chi connectivity index (χ0) is 23.7. The molecule has 1 aromatic rings. The van der Waals surface area contributed by atoms with Gasteiger partial charge in [0.15, 0.2) is 0 Å². The lowest BCUT2D eigenvalue weighted by Crippen LogP contribution is -2.57. The Morgan fingerprint density at radius 2 is 1.81 bits per heavy atom. The molecule has 1 aromatic carbocycles. The van der Waals surface area contributed by atoms with Crippen LogP contribution in [0.2, 0.25) is 0 Å². The predicted molar refractivity (Wildman–Crippen MR) is 116 cm³/mol. The number of carboxylic acid groups (broad SMARTS) is 1. The maximum absolute atomic E-state index is 13.0. The number of hydrogen-bond donors (Lipinski definition) is 5. The van der Waals surface area contributed by atoms with Crippen LogP contribution in [0.25, 0.3) is 0 Å². The van der Waals surface area contributed by atoms with E-state index in [4.69, 9.17) is 5.11 Å². The summed E-state index contributed by atoms with van der Waals surface area (Å²) in [7, 11) is 0. The number of aldehydes is 1. The van der Waals surface area contributed by atoms with Crippen molar-refractivity contribution in [3.05, 3.63) is 35.9 Å². The second-order valence-electron chi connectivity index (χ2n) is 8.19. The highest BCUT2D eigenvalue weighted by atomic mass is 16.4. The van der Waals surface area contributed by atoms with Crippen LogP contribution in [0, 0.1) is 11.8 Å². The van der Waals surface area contributed by atoms with Crippen molar-refractivity contribution in [2.24, 2.45) is 11.8 Å². The van der Waals surface area contributed by atoms with Gasteiger partial charge in [-0.3, -0.25) is 14.4 Å². The van der Waals surface area contributed by atoms with Gasteiger partial charge in [0.1, 0.15) is 18.4 Å². The summed E-state index contributed by atoms with van der Waals surface area (Å²) in [6.45, 7) is 3.89. The van der Waals surface area contributed by atoms with Crippen LogP contribution < -0.4 is 21.3 Å². The van der Waals surface area contributed by atoms with Crippen molar-refractivity contribution < 1.29 is 29.1 Å². The first-order valence-electron chi connectivity index (χ1n) is 10.6. The first-order chi connectivity index (χ1) is 15.2. The lowest BCUT2D eigenvalue weighted by Gasteiger charge is -2.25. The van der Waals surface area contributed by atoms with Gasteiger partial charge in [-0.15, -0.1) is 0 Å². The number of amides is 4. The summed E-state index contributed by atoms with van der Waals surface area (Å²) in [4.78, 5) is 60.2. The molecule has 2 rings (SSSR count). The Bertz CT molecular complexity index is 829. The zero-order valence-corrected chi connectivity index (χ0v) is 18.2. The average Bonchev–Trinajstić information content (AvgIpc) is 3.15. The molecule has 0 radical (unpaired) electrons. The van der Waals surface area contributed by atoms with Crippen LogP contribution in [0.1, 0.15) is 32.3 Å². The maximum atomic E-state index is 13.0. The van der Waals surface area contributed by atoms with Gasteiger partial charge in [-0.25, -0.2) is 4.79 Å². The number of carbonyl (C=O) groups is 5. The van der Waals surface area contributed by atoms with Crippen molar-refractivity contribution in [3.63, 3.8) is 0 Å². The Hall–Kier alpha value is -3.43. The van der Waals surface area contributed by atoms with Gasteiger partial charge in [0.2, 0.25) is 17.7 Å². The van der Waals surface area contributed by atoms with Crippen molar-refractivity contribution in [1.82, 2.24) is 21.3 Å². The van der Waals surface area contributed by atoms with Gasteiger partial charge >= 0.3 is 6.09 Å². The van der Waals surface area contributed by atoms with E-state index in [-0.39, 0.29) is 30.6 Å². The predicted octanol–water partition coefficient (Wildman–Crippen LogP) is 0.216. The molecule has 1 saturated heterocycles. The molecule has 1 heterocycles. The summed E-state index contributed by atoms with van der Waals surface area (Å²) < 4.78 is 0. The molecule has 4 amide bonds. The molecule has 0 bridgehead atoms. The van der Waals surface area contributed by atoms with Crippen LogP contribution in [-0.4, -0.2) is 59.9 Å². The van der Waals surface area contributed by atoms with Gasteiger partial charge in [-0.1, -0.05) is 44.2 Å². The van der Waals surface area contributed by atoms with Crippen LogP contribution in [0.3, 0.4) is 0 Å². The van der Waals surface area contributed by atoms with Crippen molar-refractivity contribution in [1.29, 1.82) is 0 Å².